The zero-order valence-corrected chi connectivity index (χ0v) is 29.5. The van der Waals surface area contributed by atoms with Crippen LogP contribution in [-0.2, 0) is 0 Å². The summed E-state index contributed by atoms with van der Waals surface area (Å²) in [6, 6.07) is 64.1. The van der Waals surface area contributed by atoms with Gasteiger partial charge in [0.15, 0.2) is 5.82 Å². The number of nitrogens with zero attached hydrogens (tertiary/aromatic N) is 4. The van der Waals surface area contributed by atoms with E-state index in [4.69, 9.17) is 14.4 Å². The van der Waals surface area contributed by atoms with Gasteiger partial charge in [-0.25, -0.2) is 9.97 Å². The lowest BCUT2D eigenvalue weighted by molar-refractivity contribution is 0.669. The Morgan fingerprint density at radius 2 is 1.00 bits per heavy atom. The van der Waals surface area contributed by atoms with E-state index in [1.165, 1.54) is 21.5 Å². The molecule has 0 aliphatic rings. The second kappa shape index (κ2) is 11.5. The fourth-order valence-electron chi connectivity index (χ4n) is 8.77. The highest BCUT2D eigenvalue weighted by atomic mass is 16.3. The smallest absolute Gasteiger partial charge is 0.160 e. The molecule has 12 aromatic rings. The van der Waals surface area contributed by atoms with Gasteiger partial charge in [-0.15, -0.1) is 0 Å². The summed E-state index contributed by atoms with van der Waals surface area (Å²) in [5.74, 6) is 0.708. The average Bonchev–Trinajstić information content (AvgIpc) is 3.91. The van der Waals surface area contributed by atoms with Crippen LogP contribution in [0.4, 0.5) is 0 Å². The maximum absolute atomic E-state index is 6.43. The summed E-state index contributed by atoms with van der Waals surface area (Å²) in [5.41, 5.74) is 12.5. The SMILES string of the molecule is c1ccc(-c2nc(-c3ccc(-n4c5ccccc5c5c6c7ccc8oc9ccccc9c8c7n(-c7ccccc7)c6ccc54)cc3)nc3ccccc23)cc1. The van der Waals surface area contributed by atoms with Crippen LogP contribution in [0.1, 0.15) is 0 Å². The molecule has 5 heteroatoms. The minimum Gasteiger partial charge on any atom is -0.456 e. The lowest BCUT2D eigenvalue weighted by Crippen LogP contribution is -1.97. The molecular weight excluding hydrogens is 673 g/mol. The van der Waals surface area contributed by atoms with E-state index in [0.29, 0.717) is 5.82 Å². The highest BCUT2D eigenvalue weighted by Crippen LogP contribution is 2.46. The number of rotatable bonds is 4. The van der Waals surface area contributed by atoms with Crippen molar-refractivity contribution in [1.29, 1.82) is 0 Å². The molecule has 0 amide bonds. The molecule has 0 unspecified atom stereocenters. The molecule has 4 aromatic heterocycles. The number of para-hydroxylation sites is 4. The minimum absolute atomic E-state index is 0.708. The Labute approximate surface area is 315 Å². The number of aromatic nitrogens is 4. The summed E-state index contributed by atoms with van der Waals surface area (Å²) in [7, 11) is 0. The molecule has 0 atom stereocenters. The summed E-state index contributed by atoms with van der Waals surface area (Å²) in [4.78, 5) is 10.2. The zero-order valence-electron chi connectivity index (χ0n) is 29.5. The molecule has 0 aliphatic carbocycles. The monoisotopic (exact) mass is 702 g/mol. The zero-order chi connectivity index (χ0) is 36.0. The Morgan fingerprint density at radius 3 is 1.82 bits per heavy atom. The first-order chi connectivity index (χ1) is 27.3. The molecule has 256 valence electrons. The van der Waals surface area contributed by atoms with Crippen molar-refractivity contribution < 1.29 is 4.42 Å². The molecule has 0 radical (unpaired) electrons. The van der Waals surface area contributed by atoms with Crippen molar-refractivity contribution in [2.75, 3.05) is 0 Å². The molecule has 0 fully saturated rings. The van der Waals surface area contributed by atoms with E-state index >= 15 is 0 Å². The van der Waals surface area contributed by atoms with E-state index in [1.807, 2.05) is 24.3 Å². The van der Waals surface area contributed by atoms with Crippen LogP contribution >= 0.6 is 0 Å². The lowest BCUT2D eigenvalue weighted by Gasteiger charge is -2.11. The number of hydrogen-bond donors (Lipinski definition) is 0. The van der Waals surface area contributed by atoms with Gasteiger partial charge in [0.1, 0.15) is 11.2 Å². The second-order valence-corrected chi connectivity index (χ2v) is 14.1. The highest BCUT2D eigenvalue weighted by Gasteiger charge is 2.23. The van der Waals surface area contributed by atoms with Gasteiger partial charge in [-0.2, -0.15) is 0 Å². The van der Waals surface area contributed by atoms with Crippen LogP contribution in [-0.4, -0.2) is 19.1 Å². The molecule has 0 saturated carbocycles. The largest absolute Gasteiger partial charge is 0.456 e. The van der Waals surface area contributed by atoms with Gasteiger partial charge in [0, 0.05) is 54.8 Å². The molecule has 55 heavy (non-hydrogen) atoms. The van der Waals surface area contributed by atoms with E-state index in [2.05, 4.69) is 167 Å². The topological polar surface area (TPSA) is 48.8 Å². The van der Waals surface area contributed by atoms with E-state index in [1.54, 1.807) is 0 Å². The maximum atomic E-state index is 6.43. The van der Waals surface area contributed by atoms with Gasteiger partial charge in [0.25, 0.3) is 0 Å². The summed E-state index contributed by atoms with van der Waals surface area (Å²) < 4.78 is 11.2. The third-order valence-electron chi connectivity index (χ3n) is 11.1. The first-order valence-corrected chi connectivity index (χ1v) is 18.6. The Morgan fingerprint density at radius 1 is 0.364 bits per heavy atom. The molecule has 0 spiro atoms. The van der Waals surface area contributed by atoms with Gasteiger partial charge >= 0.3 is 0 Å². The third kappa shape index (κ3) is 4.35. The van der Waals surface area contributed by atoms with Crippen LogP contribution in [0.2, 0.25) is 0 Å². The van der Waals surface area contributed by atoms with Gasteiger partial charge in [-0.1, -0.05) is 103 Å². The van der Waals surface area contributed by atoms with E-state index in [9.17, 15) is 0 Å². The summed E-state index contributed by atoms with van der Waals surface area (Å²) >= 11 is 0. The van der Waals surface area contributed by atoms with Crippen molar-refractivity contribution >= 4 is 76.5 Å². The fourth-order valence-corrected chi connectivity index (χ4v) is 8.77. The number of benzene rings is 8. The second-order valence-electron chi connectivity index (χ2n) is 14.1. The first-order valence-electron chi connectivity index (χ1n) is 18.6. The maximum Gasteiger partial charge on any atom is 0.160 e. The number of furan rings is 1. The quantitative estimate of drug-likeness (QED) is 0.183. The molecular formula is C50H30N4O. The Bertz CT molecular complexity index is 3470. The van der Waals surface area contributed by atoms with Crippen molar-refractivity contribution in [2.24, 2.45) is 0 Å². The Hall–Kier alpha value is -7.50. The summed E-state index contributed by atoms with van der Waals surface area (Å²) in [6.45, 7) is 0. The van der Waals surface area contributed by atoms with Gasteiger partial charge in [-0.05, 0) is 78.9 Å². The van der Waals surface area contributed by atoms with Crippen LogP contribution < -0.4 is 0 Å². The van der Waals surface area contributed by atoms with Crippen LogP contribution in [0.3, 0.4) is 0 Å². The lowest BCUT2D eigenvalue weighted by atomic mass is 10.0. The van der Waals surface area contributed by atoms with Crippen molar-refractivity contribution in [2.45, 2.75) is 0 Å². The van der Waals surface area contributed by atoms with Crippen molar-refractivity contribution in [3.63, 3.8) is 0 Å². The predicted molar refractivity (Wildman–Crippen MR) is 226 cm³/mol. The third-order valence-corrected chi connectivity index (χ3v) is 11.1. The number of hydrogen-bond acceptors (Lipinski definition) is 3. The van der Waals surface area contributed by atoms with Gasteiger partial charge in [-0.3, -0.25) is 0 Å². The van der Waals surface area contributed by atoms with Gasteiger partial charge in [0.2, 0.25) is 0 Å². The Kier molecular flexibility index (Phi) is 6.27. The first kappa shape index (κ1) is 30.0. The average molecular weight is 703 g/mol. The van der Waals surface area contributed by atoms with E-state index in [-0.39, 0.29) is 0 Å². The molecule has 5 nitrogen and oxygen atoms in total. The predicted octanol–water partition coefficient (Wildman–Crippen LogP) is 13.1. The molecule has 8 aromatic carbocycles. The molecule has 0 saturated heterocycles. The van der Waals surface area contributed by atoms with Crippen molar-refractivity contribution in [1.82, 2.24) is 19.1 Å². The van der Waals surface area contributed by atoms with Crippen LogP contribution in [0.25, 0.3) is 110 Å². The molecule has 12 rings (SSSR count). The molecule has 4 heterocycles. The molecule has 0 N–H and O–H groups in total. The normalized spacial score (nSPS) is 12.0. The standard InChI is InChI=1S/C50H30N4O/c1-3-13-31(14-4-1)48-35-17-7-10-20-39(35)51-50(52-48)32-23-25-34(26-24-32)53-40-21-11-8-18-36(40)45-41(53)28-29-42-46(45)38-27-30-44-47(37-19-9-12-22-43(37)55-44)49(38)54(42)33-15-5-2-6-16-33/h1-30H. The summed E-state index contributed by atoms with van der Waals surface area (Å²) in [5, 5.41) is 8.16. The van der Waals surface area contributed by atoms with Crippen LogP contribution in [0, 0.1) is 0 Å². The van der Waals surface area contributed by atoms with Gasteiger partial charge < -0.3 is 13.6 Å². The summed E-state index contributed by atoms with van der Waals surface area (Å²) in [6.07, 6.45) is 0. The van der Waals surface area contributed by atoms with Crippen LogP contribution in [0.5, 0.6) is 0 Å². The molecule has 0 aliphatic heterocycles. The van der Waals surface area contributed by atoms with Crippen molar-refractivity contribution in [3.05, 3.63) is 182 Å². The van der Waals surface area contributed by atoms with E-state index < -0.39 is 0 Å². The highest BCUT2D eigenvalue weighted by molar-refractivity contribution is 6.33. The van der Waals surface area contributed by atoms with Gasteiger partial charge in [0.05, 0.1) is 38.7 Å². The fraction of sp³-hybridized carbons (Fsp3) is 0. The van der Waals surface area contributed by atoms with Crippen LogP contribution in [0.15, 0.2) is 186 Å². The van der Waals surface area contributed by atoms with E-state index in [0.717, 1.165) is 83.1 Å². The van der Waals surface area contributed by atoms with Crippen molar-refractivity contribution in [3.8, 4) is 34.0 Å². The minimum atomic E-state index is 0.708. The Balaban J connectivity index is 1.11. The molecule has 0 bridgehead atoms. The number of fused-ring (bicyclic) bond motifs is 12.